The van der Waals surface area contributed by atoms with Gasteiger partial charge in [-0.1, -0.05) is 12.8 Å². The minimum Gasteiger partial charge on any atom is -0.357 e. The third-order valence-electron chi connectivity index (χ3n) is 8.13. The van der Waals surface area contributed by atoms with Crippen molar-refractivity contribution < 1.29 is 4.79 Å². The number of carbonyl (C=O) groups excluding carboxylic acids is 1. The molecule has 6 rings (SSSR count). The van der Waals surface area contributed by atoms with E-state index in [-0.39, 0.29) is 16.9 Å². The zero-order chi connectivity index (χ0) is 24.5. The van der Waals surface area contributed by atoms with Gasteiger partial charge in [0, 0.05) is 32.1 Å². The van der Waals surface area contributed by atoms with Crippen LogP contribution in [-0.2, 0) is 4.79 Å². The summed E-state index contributed by atoms with van der Waals surface area (Å²) in [5.41, 5.74) is 1.19. The first kappa shape index (κ1) is 22.9. The van der Waals surface area contributed by atoms with Crippen molar-refractivity contribution in [1.29, 1.82) is 0 Å². The largest absolute Gasteiger partial charge is 0.357 e. The Morgan fingerprint density at radius 2 is 1.81 bits per heavy atom. The number of anilines is 4. The maximum Gasteiger partial charge on any atom is 0.277 e. The molecule has 10 heteroatoms. The number of fused-ring (bicyclic) bond motifs is 1. The second-order valence-electron chi connectivity index (χ2n) is 10.4. The lowest BCUT2D eigenvalue weighted by atomic mass is 9.95. The Morgan fingerprint density at radius 3 is 2.56 bits per heavy atom. The van der Waals surface area contributed by atoms with Gasteiger partial charge in [-0.25, -0.2) is 15.1 Å². The number of nitrogens with zero attached hydrogens (tertiary/aromatic N) is 6. The van der Waals surface area contributed by atoms with Crippen LogP contribution >= 0.6 is 0 Å². The molecule has 3 fully saturated rings. The summed E-state index contributed by atoms with van der Waals surface area (Å²) >= 11 is 0. The van der Waals surface area contributed by atoms with Crippen molar-refractivity contribution in [3.63, 3.8) is 0 Å². The zero-order valence-electron chi connectivity index (χ0n) is 20.4. The van der Waals surface area contributed by atoms with Crippen LogP contribution in [0.5, 0.6) is 0 Å². The average molecular weight is 489 g/mol. The number of aromatic nitrogens is 5. The van der Waals surface area contributed by atoms with Crippen LogP contribution in [0.25, 0.3) is 10.9 Å². The smallest absolute Gasteiger partial charge is 0.277 e. The van der Waals surface area contributed by atoms with Gasteiger partial charge in [0.2, 0.25) is 5.95 Å². The summed E-state index contributed by atoms with van der Waals surface area (Å²) in [5.74, 6) is 2.26. The predicted octanol–water partition coefficient (Wildman–Crippen LogP) is 3.43. The van der Waals surface area contributed by atoms with Gasteiger partial charge in [0.05, 0.1) is 18.1 Å². The molecule has 1 saturated carbocycles. The summed E-state index contributed by atoms with van der Waals surface area (Å²) in [5, 5.41) is 10.2. The number of hydrogen-bond donors (Lipinski definition) is 2. The van der Waals surface area contributed by atoms with E-state index in [1.807, 2.05) is 12.1 Å². The molecule has 3 aliphatic rings. The second kappa shape index (κ2) is 9.48. The van der Waals surface area contributed by atoms with Gasteiger partial charge in [0.1, 0.15) is 28.8 Å². The minimum atomic E-state index is -0.325. The van der Waals surface area contributed by atoms with Crippen molar-refractivity contribution >= 4 is 40.5 Å². The van der Waals surface area contributed by atoms with Crippen LogP contribution in [0.4, 0.5) is 23.3 Å². The first-order valence-electron chi connectivity index (χ1n) is 13.1. The third kappa shape index (κ3) is 4.40. The quantitative estimate of drug-likeness (QED) is 0.520. The highest BCUT2D eigenvalue weighted by Gasteiger charge is 2.53. The maximum atomic E-state index is 12.6. The van der Waals surface area contributed by atoms with E-state index in [4.69, 9.17) is 9.97 Å². The van der Waals surface area contributed by atoms with Gasteiger partial charge in [0.25, 0.3) is 5.56 Å². The van der Waals surface area contributed by atoms with Gasteiger partial charge in [-0.05, 0) is 56.1 Å². The molecule has 36 heavy (non-hydrogen) atoms. The molecule has 2 aliphatic heterocycles. The van der Waals surface area contributed by atoms with E-state index >= 15 is 0 Å². The van der Waals surface area contributed by atoms with Crippen LogP contribution < -0.4 is 20.7 Å². The van der Waals surface area contributed by atoms with Crippen LogP contribution in [0, 0.1) is 11.3 Å². The molecular weight excluding hydrogens is 456 g/mol. The van der Waals surface area contributed by atoms with Crippen molar-refractivity contribution in [3.05, 3.63) is 34.9 Å². The predicted molar refractivity (Wildman–Crippen MR) is 139 cm³/mol. The van der Waals surface area contributed by atoms with E-state index in [2.05, 4.69) is 30.3 Å². The lowest BCUT2D eigenvalue weighted by molar-refractivity contribution is -0.109. The summed E-state index contributed by atoms with van der Waals surface area (Å²) in [4.78, 5) is 42.5. The first-order valence-corrected chi connectivity index (χ1v) is 13.1. The first-order chi connectivity index (χ1) is 17.6. The van der Waals surface area contributed by atoms with Crippen LogP contribution in [-0.4, -0.2) is 57.6 Å². The maximum absolute atomic E-state index is 12.6. The van der Waals surface area contributed by atoms with E-state index < -0.39 is 0 Å². The summed E-state index contributed by atoms with van der Waals surface area (Å²) in [7, 11) is 0. The number of rotatable bonds is 5. The molecule has 1 spiro atoms. The molecule has 0 radical (unpaired) electrons. The monoisotopic (exact) mass is 488 g/mol. The van der Waals surface area contributed by atoms with Gasteiger partial charge in [-0.15, -0.1) is 0 Å². The molecule has 1 aliphatic carbocycles. The lowest BCUT2D eigenvalue weighted by Gasteiger charge is -2.22. The van der Waals surface area contributed by atoms with E-state index in [0.29, 0.717) is 22.7 Å². The lowest BCUT2D eigenvalue weighted by Crippen LogP contribution is -2.27. The number of H-pyrrole nitrogens is 1. The number of pyridine rings is 1. The van der Waals surface area contributed by atoms with Gasteiger partial charge in [0.15, 0.2) is 0 Å². The summed E-state index contributed by atoms with van der Waals surface area (Å²) in [6, 6.07) is 3.98. The van der Waals surface area contributed by atoms with Gasteiger partial charge in [-0.3, -0.25) is 4.79 Å². The fourth-order valence-electron chi connectivity index (χ4n) is 5.87. The number of nitrogens with one attached hydrogen (secondary N) is 2. The van der Waals surface area contributed by atoms with Crippen molar-refractivity contribution in [2.75, 3.05) is 41.3 Å². The van der Waals surface area contributed by atoms with Gasteiger partial charge in [-0.2, -0.15) is 10.1 Å². The van der Waals surface area contributed by atoms with Crippen LogP contribution in [0.1, 0.15) is 51.4 Å². The Bertz CT molecular complexity index is 1300. The Balaban J connectivity index is 1.24. The average Bonchev–Trinajstić information content (AvgIpc) is 3.69. The van der Waals surface area contributed by atoms with Crippen molar-refractivity contribution in [2.24, 2.45) is 11.3 Å². The standard InChI is InChI=1S/C26H32N8O2/c35-17-18-14-26(18)8-5-12-33(13-9-26)21-7-6-19(15-27-21)29-23-22-20(16-28-32-24(22)36)30-25(31-23)34-10-3-1-2-4-11-34/h6-7,15-18H,1-5,8-14H2,(H,32,36)(H,29,30,31). The summed E-state index contributed by atoms with van der Waals surface area (Å²) < 4.78 is 0. The summed E-state index contributed by atoms with van der Waals surface area (Å²) in [6.45, 7) is 3.68. The normalized spacial score (nSPS) is 24.4. The highest BCUT2D eigenvalue weighted by molar-refractivity contribution is 5.90. The fourth-order valence-corrected chi connectivity index (χ4v) is 5.87. The number of carbonyl (C=O) groups is 1. The van der Waals surface area contributed by atoms with Crippen LogP contribution in [0.15, 0.2) is 29.3 Å². The highest BCUT2D eigenvalue weighted by Crippen LogP contribution is 2.58. The topological polar surface area (TPSA) is 120 Å². The second-order valence-corrected chi connectivity index (χ2v) is 10.4. The highest BCUT2D eigenvalue weighted by atomic mass is 16.1. The summed E-state index contributed by atoms with van der Waals surface area (Å²) in [6.07, 6.45) is 13.4. The molecule has 0 amide bonds. The fraction of sp³-hybridized carbons (Fsp3) is 0.538. The van der Waals surface area contributed by atoms with Gasteiger partial charge >= 0.3 is 0 Å². The minimum absolute atomic E-state index is 0.235. The molecule has 3 aromatic rings. The molecule has 2 saturated heterocycles. The zero-order valence-corrected chi connectivity index (χ0v) is 20.4. The molecule has 188 valence electrons. The van der Waals surface area contributed by atoms with Crippen molar-refractivity contribution in [2.45, 2.75) is 51.4 Å². The molecule has 2 N–H and O–H groups in total. The Morgan fingerprint density at radius 1 is 0.972 bits per heavy atom. The van der Waals surface area contributed by atoms with E-state index in [0.717, 1.165) is 82.5 Å². The molecule has 10 nitrogen and oxygen atoms in total. The van der Waals surface area contributed by atoms with Crippen LogP contribution in [0.2, 0.25) is 0 Å². The molecular formula is C26H32N8O2. The molecule has 3 aromatic heterocycles. The Kier molecular flexibility index (Phi) is 6.02. The Labute approximate surface area is 209 Å². The molecule has 0 aromatic carbocycles. The van der Waals surface area contributed by atoms with E-state index in [1.54, 1.807) is 12.4 Å². The molecule has 2 unspecified atom stereocenters. The molecule has 2 atom stereocenters. The third-order valence-corrected chi connectivity index (χ3v) is 8.13. The van der Waals surface area contributed by atoms with Gasteiger partial charge < -0.3 is 19.9 Å². The van der Waals surface area contributed by atoms with Crippen molar-refractivity contribution in [3.8, 4) is 0 Å². The number of aldehydes is 1. The number of hydrogen-bond acceptors (Lipinski definition) is 9. The van der Waals surface area contributed by atoms with E-state index in [9.17, 15) is 9.59 Å². The molecule has 5 heterocycles. The SMILES string of the molecule is O=CC1CC12CCCN(c1ccc(Nc3nc(N4CCCCCC4)nc4cn[nH]c(=O)c34)cn1)CC2. The van der Waals surface area contributed by atoms with Crippen LogP contribution in [0.3, 0.4) is 0 Å². The Hall–Kier alpha value is -3.56. The van der Waals surface area contributed by atoms with Crippen molar-refractivity contribution in [1.82, 2.24) is 25.1 Å². The number of aromatic amines is 1. The molecule has 0 bridgehead atoms. The van der Waals surface area contributed by atoms with E-state index in [1.165, 1.54) is 12.8 Å².